The number of ether oxygens (including phenoxy) is 2. The van der Waals surface area contributed by atoms with Crippen molar-refractivity contribution in [2.24, 2.45) is 28.6 Å². The number of thiocarbonyl (C=S) groups is 1. The van der Waals surface area contributed by atoms with Crippen molar-refractivity contribution in [2.45, 2.75) is 70.3 Å². The van der Waals surface area contributed by atoms with Crippen molar-refractivity contribution in [3.8, 4) is 0 Å². The lowest BCUT2D eigenvalue weighted by atomic mass is 9.44. The second-order valence-corrected chi connectivity index (χ2v) is 11.6. The molecule has 200 valence electrons. The zero-order valence-electron chi connectivity index (χ0n) is 20.9. The van der Waals surface area contributed by atoms with Crippen LogP contribution in [0.2, 0.25) is 0 Å². The molecule has 0 bridgehead atoms. The predicted octanol–water partition coefficient (Wildman–Crippen LogP) is 5.44. The molecule has 1 aromatic heterocycles. The predicted molar refractivity (Wildman–Crippen MR) is 129 cm³/mol. The molecule has 3 fully saturated rings. The van der Waals surface area contributed by atoms with Crippen LogP contribution in [-0.4, -0.2) is 46.9 Å². The topological polar surface area (TPSA) is 82.8 Å². The average molecular weight is 539 g/mol. The number of hydrogen-bond acceptors (Lipinski definition) is 7. The molecule has 1 heterocycles. The van der Waals surface area contributed by atoms with Gasteiger partial charge in [0, 0.05) is 17.3 Å². The van der Waals surface area contributed by atoms with Crippen molar-refractivity contribution < 1.29 is 41.4 Å². The maximum absolute atomic E-state index is 17.3. The SMILES string of the molecule is CC1C[C@H]2[C@@H]3CC(F)C4=CC(=O)CC(=O)[C@]4(C)[C@]3(F)CC[C@]2(C)C1(OC(=O)c1ccco1)C(=S)OCF. The van der Waals surface area contributed by atoms with Gasteiger partial charge in [-0.3, -0.25) is 9.59 Å². The first-order valence-electron chi connectivity index (χ1n) is 12.5. The number of carbonyl (C=O) groups excluding carboxylic acids is 3. The van der Waals surface area contributed by atoms with Crippen LogP contribution in [0.15, 0.2) is 34.5 Å². The molecule has 8 atom stereocenters. The minimum atomic E-state index is -2.12. The summed E-state index contributed by atoms with van der Waals surface area (Å²) in [6, 6.07) is 2.93. The number of hydrogen-bond donors (Lipinski definition) is 0. The van der Waals surface area contributed by atoms with E-state index in [0.717, 1.165) is 6.08 Å². The highest BCUT2D eigenvalue weighted by molar-refractivity contribution is 7.80. The van der Waals surface area contributed by atoms with Gasteiger partial charge in [0.15, 0.2) is 17.2 Å². The Morgan fingerprint density at radius 3 is 2.59 bits per heavy atom. The van der Waals surface area contributed by atoms with E-state index in [-0.39, 0.29) is 42.1 Å². The molecule has 37 heavy (non-hydrogen) atoms. The Balaban J connectivity index is 1.61. The zero-order chi connectivity index (χ0) is 27.0. The molecule has 6 nitrogen and oxygen atoms in total. The molecule has 0 amide bonds. The summed E-state index contributed by atoms with van der Waals surface area (Å²) >= 11 is 5.50. The van der Waals surface area contributed by atoms with Gasteiger partial charge in [0.1, 0.15) is 11.8 Å². The van der Waals surface area contributed by atoms with Crippen LogP contribution in [0.4, 0.5) is 13.2 Å². The Labute approximate surface area is 217 Å². The number of Topliss-reactive ketones (excluding diaryl/α,β-unsaturated/α-hetero) is 1. The molecule has 4 aliphatic carbocycles. The fourth-order valence-corrected chi connectivity index (χ4v) is 8.59. The van der Waals surface area contributed by atoms with Crippen LogP contribution in [0.1, 0.15) is 63.4 Å². The van der Waals surface area contributed by atoms with Gasteiger partial charge in [0.25, 0.3) is 0 Å². The summed E-state index contributed by atoms with van der Waals surface area (Å²) in [7, 11) is 0. The number of carbonyl (C=O) groups is 3. The van der Waals surface area contributed by atoms with E-state index in [1.54, 1.807) is 13.8 Å². The number of esters is 1. The zero-order valence-corrected chi connectivity index (χ0v) is 21.7. The Morgan fingerprint density at radius 1 is 1.22 bits per heavy atom. The molecule has 1 aromatic rings. The number of furan rings is 1. The van der Waals surface area contributed by atoms with Crippen LogP contribution in [0.25, 0.3) is 0 Å². The molecule has 0 aliphatic heterocycles. The van der Waals surface area contributed by atoms with Crippen molar-refractivity contribution in [3.63, 3.8) is 0 Å². The highest BCUT2D eigenvalue weighted by Crippen LogP contribution is 2.72. The first-order chi connectivity index (χ1) is 17.4. The van der Waals surface area contributed by atoms with Gasteiger partial charge in [-0.1, -0.05) is 13.8 Å². The fourth-order valence-electron chi connectivity index (χ4n) is 8.07. The van der Waals surface area contributed by atoms with E-state index in [1.807, 2.05) is 0 Å². The lowest BCUT2D eigenvalue weighted by molar-refractivity contribution is -0.180. The first-order valence-corrected chi connectivity index (χ1v) is 12.9. The molecule has 0 aromatic carbocycles. The largest absolute Gasteiger partial charge is 0.457 e. The van der Waals surface area contributed by atoms with Crippen molar-refractivity contribution in [1.29, 1.82) is 0 Å². The minimum Gasteiger partial charge on any atom is -0.457 e. The van der Waals surface area contributed by atoms with E-state index in [2.05, 4.69) is 0 Å². The highest BCUT2D eigenvalue weighted by Gasteiger charge is 2.77. The Kier molecular flexibility index (Phi) is 6.01. The molecule has 0 spiro atoms. The summed E-state index contributed by atoms with van der Waals surface area (Å²) in [6.45, 7) is 3.72. The quantitative estimate of drug-likeness (QED) is 0.287. The maximum Gasteiger partial charge on any atom is 0.375 e. The van der Waals surface area contributed by atoms with E-state index in [0.29, 0.717) is 0 Å². The van der Waals surface area contributed by atoms with E-state index in [1.165, 1.54) is 25.3 Å². The summed E-state index contributed by atoms with van der Waals surface area (Å²) in [5.74, 6) is -4.09. The Hall–Kier alpha value is -2.49. The van der Waals surface area contributed by atoms with Gasteiger partial charge in [0.2, 0.25) is 17.7 Å². The van der Waals surface area contributed by atoms with Gasteiger partial charge in [-0.05, 0) is 74.5 Å². The van der Waals surface area contributed by atoms with E-state index < -0.39 is 76.8 Å². The van der Waals surface area contributed by atoms with Crippen molar-refractivity contribution in [1.82, 2.24) is 0 Å². The van der Waals surface area contributed by atoms with Gasteiger partial charge < -0.3 is 13.9 Å². The van der Waals surface area contributed by atoms with E-state index in [9.17, 15) is 18.8 Å². The molecular formula is C27H29F3O6S. The molecule has 3 unspecified atom stereocenters. The maximum atomic E-state index is 17.3. The van der Waals surface area contributed by atoms with Gasteiger partial charge in [-0.2, -0.15) is 0 Å². The molecule has 0 N–H and O–H groups in total. The fraction of sp³-hybridized carbons (Fsp3) is 0.630. The van der Waals surface area contributed by atoms with Gasteiger partial charge >= 0.3 is 5.97 Å². The minimum absolute atomic E-state index is 0.0847. The van der Waals surface area contributed by atoms with Gasteiger partial charge in [0.05, 0.1) is 18.1 Å². The Morgan fingerprint density at radius 2 is 1.95 bits per heavy atom. The summed E-state index contributed by atoms with van der Waals surface area (Å²) < 4.78 is 62.8. The third kappa shape index (κ3) is 3.23. The first kappa shape index (κ1) is 26.1. The van der Waals surface area contributed by atoms with Crippen molar-refractivity contribution in [3.05, 3.63) is 35.8 Å². The summed E-state index contributed by atoms with van der Waals surface area (Å²) in [6.07, 6.45) is 0.263. The van der Waals surface area contributed by atoms with Crippen LogP contribution in [0, 0.1) is 28.6 Å². The van der Waals surface area contributed by atoms with Crippen LogP contribution in [0.5, 0.6) is 0 Å². The lowest BCUT2D eigenvalue weighted by Gasteiger charge is -2.61. The van der Waals surface area contributed by atoms with Crippen molar-refractivity contribution >= 4 is 34.8 Å². The van der Waals surface area contributed by atoms with Crippen molar-refractivity contribution in [2.75, 3.05) is 6.86 Å². The number of alkyl halides is 3. The molecule has 10 heteroatoms. The third-order valence-corrected chi connectivity index (χ3v) is 10.4. The molecule has 4 aliphatic rings. The molecule has 0 radical (unpaired) electrons. The standard InChI is InChI=1S/C27H29F3O6S/c1-14-9-16-17-12-19(29)18-10-15(31)11-21(32)25(18,3)26(17,30)7-6-24(16,2)27(14,23(37)35-13-28)36-22(33)20-5-4-8-34-20/h4-5,8,10,14,16-17,19H,6-7,9,11-13H2,1-3H3/t14?,16-,17-,19?,24-,25+,26-,27?/m0/s1. The number of allylic oxidation sites excluding steroid dienone is 1. The summed E-state index contributed by atoms with van der Waals surface area (Å²) in [5, 5.41) is -0.266. The molecule has 0 saturated heterocycles. The Bertz CT molecular complexity index is 1200. The summed E-state index contributed by atoms with van der Waals surface area (Å²) in [5.41, 5.74) is -6.66. The molecular weight excluding hydrogens is 509 g/mol. The molecule has 5 rings (SSSR count). The number of fused-ring (bicyclic) bond motifs is 5. The van der Waals surface area contributed by atoms with Crippen LogP contribution in [-0.2, 0) is 19.1 Å². The molecule has 3 saturated carbocycles. The monoisotopic (exact) mass is 538 g/mol. The van der Waals surface area contributed by atoms with Crippen LogP contribution >= 0.6 is 12.2 Å². The van der Waals surface area contributed by atoms with E-state index in [4.69, 9.17) is 26.1 Å². The number of ketones is 2. The van der Waals surface area contributed by atoms with Gasteiger partial charge in [-0.15, -0.1) is 0 Å². The van der Waals surface area contributed by atoms with Crippen LogP contribution < -0.4 is 0 Å². The second kappa shape index (κ2) is 8.51. The van der Waals surface area contributed by atoms with Gasteiger partial charge in [-0.25, -0.2) is 18.0 Å². The number of halogens is 3. The highest BCUT2D eigenvalue weighted by atomic mass is 32.1. The third-order valence-electron chi connectivity index (χ3n) is 9.93. The second-order valence-electron chi connectivity index (χ2n) is 11.3. The normalized spacial score (nSPS) is 42.8. The summed E-state index contributed by atoms with van der Waals surface area (Å²) in [4.78, 5) is 38.4. The smallest absolute Gasteiger partial charge is 0.375 e. The number of rotatable bonds is 4. The van der Waals surface area contributed by atoms with Crippen LogP contribution in [0.3, 0.4) is 0 Å². The van der Waals surface area contributed by atoms with E-state index >= 15 is 8.78 Å². The lowest BCUT2D eigenvalue weighted by Crippen LogP contribution is -2.68. The average Bonchev–Trinajstić information content (AvgIpc) is 3.45.